The van der Waals surface area contributed by atoms with E-state index in [1.165, 1.54) is 24.3 Å². The molecule has 0 saturated heterocycles. The van der Waals surface area contributed by atoms with Crippen LogP contribution in [0.2, 0.25) is 0 Å². The lowest BCUT2D eigenvalue weighted by atomic mass is 10.2. The third kappa shape index (κ3) is 2.74. The molecule has 4 heteroatoms. The smallest absolute Gasteiger partial charge is 0.315 e. The van der Waals surface area contributed by atoms with Gasteiger partial charge in [0.15, 0.2) is 0 Å². The molecule has 0 heterocycles. The molecule has 3 N–H and O–H groups in total. The van der Waals surface area contributed by atoms with E-state index in [2.05, 4.69) is 0 Å². The fourth-order valence-corrected chi connectivity index (χ4v) is 0.827. The van der Waals surface area contributed by atoms with Crippen LogP contribution in [-0.4, -0.2) is 17.6 Å². The SMILES string of the molecule is CC(CN)C(=O)Oc1ccc(O)cc1. The predicted octanol–water partition coefficient (Wildman–Crippen LogP) is 0.892. The average Bonchev–Trinajstić information content (AvgIpc) is 2.20. The van der Waals surface area contributed by atoms with Gasteiger partial charge in [0.1, 0.15) is 11.5 Å². The van der Waals surface area contributed by atoms with Gasteiger partial charge in [-0.15, -0.1) is 0 Å². The Balaban J connectivity index is 2.60. The van der Waals surface area contributed by atoms with E-state index in [1.807, 2.05) is 0 Å². The summed E-state index contributed by atoms with van der Waals surface area (Å²) in [6.07, 6.45) is 0. The van der Waals surface area contributed by atoms with E-state index in [-0.39, 0.29) is 24.2 Å². The zero-order valence-corrected chi connectivity index (χ0v) is 7.93. The van der Waals surface area contributed by atoms with Crippen molar-refractivity contribution in [2.45, 2.75) is 6.92 Å². The second kappa shape index (κ2) is 4.62. The molecule has 0 radical (unpaired) electrons. The highest BCUT2D eigenvalue weighted by atomic mass is 16.5. The highest BCUT2D eigenvalue weighted by Gasteiger charge is 2.12. The van der Waals surface area contributed by atoms with Crippen molar-refractivity contribution in [3.8, 4) is 11.5 Å². The van der Waals surface area contributed by atoms with Crippen molar-refractivity contribution in [3.05, 3.63) is 24.3 Å². The molecular formula is C10H13NO3. The third-order valence-electron chi connectivity index (χ3n) is 1.81. The number of rotatable bonds is 3. The molecule has 0 aliphatic rings. The number of ether oxygens (including phenoxy) is 1. The molecule has 1 rings (SSSR count). The lowest BCUT2D eigenvalue weighted by Crippen LogP contribution is -2.24. The quantitative estimate of drug-likeness (QED) is 0.555. The number of hydrogen-bond donors (Lipinski definition) is 2. The van der Waals surface area contributed by atoms with E-state index < -0.39 is 0 Å². The fraction of sp³-hybridized carbons (Fsp3) is 0.300. The van der Waals surface area contributed by atoms with Crippen LogP contribution in [-0.2, 0) is 4.79 Å². The van der Waals surface area contributed by atoms with Gasteiger partial charge in [-0.25, -0.2) is 0 Å². The number of phenolic OH excluding ortho intramolecular Hbond substituents is 1. The summed E-state index contributed by atoms with van der Waals surface area (Å²) in [4.78, 5) is 11.3. The van der Waals surface area contributed by atoms with Gasteiger partial charge in [0.2, 0.25) is 0 Å². The van der Waals surface area contributed by atoms with Crippen molar-refractivity contribution in [2.75, 3.05) is 6.54 Å². The number of aromatic hydroxyl groups is 1. The van der Waals surface area contributed by atoms with Gasteiger partial charge in [-0.2, -0.15) is 0 Å². The minimum atomic E-state index is -0.363. The van der Waals surface area contributed by atoms with Gasteiger partial charge in [-0.05, 0) is 24.3 Å². The molecule has 1 aromatic rings. The van der Waals surface area contributed by atoms with E-state index in [4.69, 9.17) is 15.6 Å². The van der Waals surface area contributed by atoms with Crippen molar-refractivity contribution in [1.82, 2.24) is 0 Å². The Morgan fingerprint density at radius 1 is 1.50 bits per heavy atom. The second-order valence-corrected chi connectivity index (χ2v) is 3.05. The van der Waals surface area contributed by atoms with Crippen LogP contribution in [0.1, 0.15) is 6.92 Å². The molecule has 14 heavy (non-hydrogen) atoms. The van der Waals surface area contributed by atoms with Crippen molar-refractivity contribution >= 4 is 5.97 Å². The van der Waals surface area contributed by atoms with Crippen molar-refractivity contribution in [1.29, 1.82) is 0 Å². The van der Waals surface area contributed by atoms with E-state index in [1.54, 1.807) is 6.92 Å². The van der Waals surface area contributed by atoms with Crippen LogP contribution in [0.15, 0.2) is 24.3 Å². The van der Waals surface area contributed by atoms with Gasteiger partial charge in [-0.3, -0.25) is 4.79 Å². The first kappa shape index (κ1) is 10.5. The number of nitrogens with two attached hydrogens (primary N) is 1. The molecule has 1 unspecified atom stereocenters. The molecule has 0 amide bonds. The molecule has 1 aromatic carbocycles. The Morgan fingerprint density at radius 2 is 2.07 bits per heavy atom. The average molecular weight is 195 g/mol. The summed E-state index contributed by atoms with van der Waals surface area (Å²) in [7, 11) is 0. The number of carbonyl (C=O) groups excluding carboxylic acids is 1. The Labute approximate surface area is 82.3 Å². The van der Waals surface area contributed by atoms with Crippen LogP contribution in [0.25, 0.3) is 0 Å². The first-order valence-electron chi connectivity index (χ1n) is 4.34. The maximum Gasteiger partial charge on any atom is 0.315 e. The largest absolute Gasteiger partial charge is 0.508 e. The molecule has 76 valence electrons. The number of esters is 1. The van der Waals surface area contributed by atoms with Crippen molar-refractivity contribution in [2.24, 2.45) is 11.7 Å². The number of benzene rings is 1. The van der Waals surface area contributed by atoms with Crippen LogP contribution < -0.4 is 10.5 Å². The zero-order chi connectivity index (χ0) is 10.6. The van der Waals surface area contributed by atoms with Crippen LogP contribution in [0.5, 0.6) is 11.5 Å². The van der Waals surface area contributed by atoms with Crippen molar-refractivity contribution in [3.63, 3.8) is 0 Å². The second-order valence-electron chi connectivity index (χ2n) is 3.05. The summed E-state index contributed by atoms with van der Waals surface area (Å²) < 4.78 is 4.99. The van der Waals surface area contributed by atoms with Crippen LogP contribution >= 0.6 is 0 Å². The van der Waals surface area contributed by atoms with Crippen LogP contribution in [0.3, 0.4) is 0 Å². The summed E-state index contributed by atoms with van der Waals surface area (Å²) >= 11 is 0. The number of carbonyl (C=O) groups is 1. The molecule has 0 saturated carbocycles. The molecule has 0 spiro atoms. The van der Waals surface area contributed by atoms with Gasteiger partial charge in [0.25, 0.3) is 0 Å². The standard InChI is InChI=1S/C10H13NO3/c1-7(6-11)10(13)14-9-4-2-8(12)3-5-9/h2-5,7,12H,6,11H2,1H3. The molecule has 0 aromatic heterocycles. The minimum absolute atomic E-state index is 0.136. The first-order chi connectivity index (χ1) is 6.63. The molecule has 0 fully saturated rings. The molecular weight excluding hydrogens is 182 g/mol. The molecule has 0 bridgehead atoms. The Morgan fingerprint density at radius 3 is 2.57 bits per heavy atom. The summed E-state index contributed by atoms with van der Waals surface area (Å²) in [5, 5.41) is 8.99. The summed E-state index contributed by atoms with van der Waals surface area (Å²) in [5.41, 5.74) is 5.31. The summed E-state index contributed by atoms with van der Waals surface area (Å²) in [6.45, 7) is 1.96. The molecule has 4 nitrogen and oxygen atoms in total. The fourth-order valence-electron chi connectivity index (χ4n) is 0.827. The monoisotopic (exact) mass is 195 g/mol. The van der Waals surface area contributed by atoms with Crippen LogP contribution in [0.4, 0.5) is 0 Å². The van der Waals surface area contributed by atoms with E-state index in [0.717, 1.165) is 0 Å². The lowest BCUT2D eigenvalue weighted by Gasteiger charge is -2.08. The van der Waals surface area contributed by atoms with Gasteiger partial charge < -0.3 is 15.6 Å². The van der Waals surface area contributed by atoms with Gasteiger partial charge in [-0.1, -0.05) is 6.92 Å². The zero-order valence-electron chi connectivity index (χ0n) is 7.93. The topological polar surface area (TPSA) is 72.6 Å². The van der Waals surface area contributed by atoms with Gasteiger partial charge in [0, 0.05) is 6.54 Å². The lowest BCUT2D eigenvalue weighted by molar-refractivity contribution is -0.138. The normalized spacial score (nSPS) is 12.1. The van der Waals surface area contributed by atoms with E-state index in [9.17, 15) is 4.79 Å². The Kier molecular flexibility index (Phi) is 3.48. The highest BCUT2D eigenvalue weighted by molar-refractivity contribution is 5.74. The maximum absolute atomic E-state index is 11.3. The molecule has 1 atom stereocenters. The summed E-state index contributed by atoms with van der Waals surface area (Å²) in [6, 6.07) is 5.96. The van der Waals surface area contributed by atoms with Gasteiger partial charge in [0.05, 0.1) is 5.92 Å². The predicted molar refractivity (Wildman–Crippen MR) is 52.0 cm³/mol. The maximum atomic E-state index is 11.3. The van der Waals surface area contributed by atoms with Gasteiger partial charge >= 0.3 is 5.97 Å². The highest BCUT2D eigenvalue weighted by Crippen LogP contribution is 2.16. The van der Waals surface area contributed by atoms with E-state index >= 15 is 0 Å². The Hall–Kier alpha value is -1.55. The molecule has 0 aliphatic heterocycles. The molecule has 0 aliphatic carbocycles. The van der Waals surface area contributed by atoms with Crippen molar-refractivity contribution < 1.29 is 14.6 Å². The summed E-state index contributed by atoms with van der Waals surface area (Å²) in [5.74, 6) is -0.133. The van der Waals surface area contributed by atoms with Crippen LogP contribution in [0, 0.1) is 5.92 Å². The van der Waals surface area contributed by atoms with E-state index in [0.29, 0.717) is 5.75 Å². The minimum Gasteiger partial charge on any atom is -0.508 e. The number of phenols is 1. The third-order valence-corrected chi connectivity index (χ3v) is 1.81. The Bertz CT molecular complexity index is 308. The number of hydrogen-bond acceptors (Lipinski definition) is 4. The first-order valence-corrected chi connectivity index (χ1v) is 4.34.